The second kappa shape index (κ2) is 8.59. The standard InChI is InChI=1S/C21H21NO3S2/c1-14-4-5-15(2)18(12-14)25-11-10-24-17-8-6-16(7-9-17)13-19-20(23)22(3)21(26)27-19/h4-9,12-13H,10-11H2,1-3H3/b19-13-. The van der Waals surface area contributed by atoms with Gasteiger partial charge in [-0.3, -0.25) is 9.69 Å². The maximum Gasteiger partial charge on any atom is 0.265 e. The molecule has 1 aliphatic heterocycles. The van der Waals surface area contributed by atoms with Gasteiger partial charge in [0.05, 0.1) is 4.91 Å². The molecule has 1 fully saturated rings. The molecule has 1 saturated heterocycles. The smallest absolute Gasteiger partial charge is 0.265 e. The highest BCUT2D eigenvalue weighted by atomic mass is 32.2. The molecule has 2 aromatic carbocycles. The number of aryl methyl sites for hydroxylation is 2. The van der Waals surface area contributed by atoms with E-state index in [0.29, 0.717) is 22.4 Å². The van der Waals surface area contributed by atoms with Crippen molar-refractivity contribution in [1.82, 2.24) is 4.90 Å². The van der Waals surface area contributed by atoms with Crippen LogP contribution >= 0.6 is 24.0 Å². The summed E-state index contributed by atoms with van der Waals surface area (Å²) < 4.78 is 12.1. The predicted octanol–water partition coefficient (Wildman–Crippen LogP) is 4.59. The predicted molar refractivity (Wildman–Crippen MR) is 114 cm³/mol. The van der Waals surface area contributed by atoms with Crippen LogP contribution in [-0.2, 0) is 4.79 Å². The van der Waals surface area contributed by atoms with Crippen molar-refractivity contribution in [1.29, 1.82) is 0 Å². The second-order valence-electron chi connectivity index (χ2n) is 6.28. The van der Waals surface area contributed by atoms with Crippen molar-refractivity contribution in [3.05, 3.63) is 64.1 Å². The molecule has 0 unspecified atom stereocenters. The van der Waals surface area contributed by atoms with E-state index in [1.165, 1.54) is 22.2 Å². The Hall–Kier alpha value is -2.31. The molecule has 0 spiro atoms. The minimum Gasteiger partial charge on any atom is -0.490 e. The van der Waals surface area contributed by atoms with E-state index in [4.69, 9.17) is 21.7 Å². The highest BCUT2D eigenvalue weighted by Gasteiger charge is 2.28. The lowest BCUT2D eigenvalue weighted by atomic mass is 10.1. The Bertz CT molecular complexity index is 891. The summed E-state index contributed by atoms with van der Waals surface area (Å²) in [4.78, 5) is 14.2. The van der Waals surface area contributed by atoms with Crippen molar-refractivity contribution < 1.29 is 14.3 Å². The van der Waals surface area contributed by atoms with Crippen LogP contribution < -0.4 is 9.47 Å². The van der Waals surface area contributed by atoms with E-state index in [1.807, 2.05) is 50.3 Å². The van der Waals surface area contributed by atoms with Crippen LogP contribution in [0.25, 0.3) is 6.08 Å². The fourth-order valence-electron chi connectivity index (χ4n) is 2.53. The minimum atomic E-state index is -0.0612. The van der Waals surface area contributed by atoms with Gasteiger partial charge in [-0.2, -0.15) is 0 Å². The summed E-state index contributed by atoms with van der Waals surface area (Å²) >= 11 is 6.46. The molecule has 0 radical (unpaired) electrons. The third-order valence-electron chi connectivity index (χ3n) is 4.12. The number of amides is 1. The largest absolute Gasteiger partial charge is 0.490 e. The first-order chi connectivity index (χ1) is 12.9. The Morgan fingerprint density at radius 2 is 1.78 bits per heavy atom. The normalized spacial score (nSPS) is 15.5. The minimum absolute atomic E-state index is 0.0612. The monoisotopic (exact) mass is 399 g/mol. The van der Waals surface area contributed by atoms with Crippen LogP contribution in [0, 0.1) is 13.8 Å². The van der Waals surface area contributed by atoms with Crippen LogP contribution in [0.2, 0.25) is 0 Å². The zero-order chi connectivity index (χ0) is 19.4. The van der Waals surface area contributed by atoms with Crippen LogP contribution in [0.1, 0.15) is 16.7 Å². The lowest BCUT2D eigenvalue weighted by molar-refractivity contribution is -0.121. The highest BCUT2D eigenvalue weighted by molar-refractivity contribution is 8.26. The zero-order valence-corrected chi connectivity index (χ0v) is 17.2. The fourth-order valence-corrected chi connectivity index (χ4v) is 3.71. The van der Waals surface area contributed by atoms with E-state index in [2.05, 4.69) is 12.1 Å². The van der Waals surface area contributed by atoms with Gasteiger partial charge in [0.2, 0.25) is 0 Å². The van der Waals surface area contributed by atoms with Gasteiger partial charge in [-0.1, -0.05) is 48.2 Å². The number of hydrogen-bond donors (Lipinski definition) is 0. The SMILES string of the molecule is Cc1ccc(C)c(OCCOc2ccc(/C=C3\SC(=S)N(C)C3=O)cc2)c1. The van der Waals surface area contributed by atoms with Gasteiger partial charge in [0.15, 0.2) is 0 Å². The van der Waals surface area contributed by atoms with Crippen LogP contribution in [0.5, 0.6) is 11.5 Å². The number of carbonyl (C=O) groups excluding carboxylic acids is 1. The summed E-state index contributed by atoms with van der Waals surface area (Å²) in [7, 11) is 1.69. The van der Waals surface area contributed by atoms with Crippen molar-refractivity contribution in [2.45, 2.75) is 13.8 Å². The lowest BCUT2D eigenvalue weighted by Crippen LogP contribution is -2.22. The summed E-state index contributed by atoms with van der Waals surface area (Å²) in [6.45, 7) is 5.01. The van der Waals surface area contributed by atoms with E-state index >= 15 is 0 Å². The Morgan fingerprint density at radius 1 is 1.07 bits per heavy atom. The molecule has 4 nitrogen and oxygen atoms in total. The first-order valence-corrected chi connectivity index (χ1v) is 9.81. The summed E-state index contributed by atoms with van der Waals surface area (Å²) in [6.07, 6.45) is 1.84. The number of carbonyl (C=O) groups is 1. The molecule has 140 valence electrons. The van der Waals surface area contributed by atoms with E-state index in [1.54, 1.807) is 7.05 Å². The number of thiocarbonyl (C=S) groups is 1. The molecule has 0 atom stereocenters. The molecule has 0 aliphatic carbocycles. The van der Waals surface area contributed by atoms with E-state index < -0.39 is 0 Å². The number of rotatable bonds is 6. The number of hydrogen-bond acceptors (Lipinski definition) is 5. The van der Waals surface area contributed by atoms with Gasteiger partial charge in [0.25, 0.3) is 5.91 Å². The number of benzene rings is 2. The zero-order valence-electron chi connectivity index (χ0n) is 15.5. The Morgan fingerprint density at radius 3 is 2.44 bits per heavy atom. The average molecular weight is 400 g/mol. The topological polar surface area (TPSA) is 38.8 Å². The molecule has 0 bridgehead atoms. The van der Waals surface area contributed by atoms with Crippen molar-refractivity contribution in [3.8, 4) is 11.5 Å². The fraction of sp³-hybridized carbons (Fsp3) is 0.238. The van der Waals surface area contributed by atoms with E-state index in [9.17, 15) is 4.79 Å². The number of thioether (sulfide) groups is 1. The molecule has 2 aromatic rings. The number of likely N-dealkylation sites (N-methyl/N-ethyl adjacent to an activating group) is 1. The van der Waals surface area contributed by atoms with Gasteiger partial charge in [0.1, 0.15) is 29.0 Å². The van der Waals surface area contributed by atoms with Crippen LogP contribution in [-0.4, -0.2) is 35.4 Å². The Balaban J connectivity index is 1.52. The van der Waals surface area contributed by atoms with Crippen LogP contribution in [0.15, 0.2) is 47.4 Å². The van der Waals surface area contributed by atoms with Gasteiger partial charge < -0.3 is 9.47 Å². The molecule has 3 rings (SSSR count). The summed E-state index contributed by atoms with van der Waals surface area (Å²) in [5.41, 5.74) is 3.22. The molecular weight excluding hydrogens is 378 g/mol. The van der Waals surface area contributed by atoms with Crippen molar-refractivity contribution >= 4 is 40.3 Å². The lowest BCUT2D eigenvalue weighted by Gasteiger charge is -2.11. The summed E-state index contributed by atoms with van der Waals surface area (Å²) in [6, 6.07) is 13.8. The van der Waals surface area contributed by atoms with E-state index in [0.717, 1.165) is 22.6 Å². The third-order valence-corrected chi connectivity index (χ3v) is 5.60. The maximum absolute atomic E-state index is 12.0. The van der Waals surface area contributed by atoms with Gasteiger partial charge in [0, 0.05) is 7.05 Å². The quantitative estimate of drug-likeness (QED) is 0.403. The summed E-state index contributed by atoms with van der Waals surface area (Å²) in [5.74, 6) is 1.59. The molecule has 1 amide bonds. The molecule has 6 heteroatoms. The molecular formula is C21H21NO3S2. The third kappa shape index (κ3) is 4.90. The van der Waals surface area contributed by atoms with Gasteiger partial charge in [-0.15, -0.1) is 0 Å². The second-order valence-corrected chi connectivity index (χ2v) is 7.95. The van der Waals surface area contributed by atoms with Crippen molar-refractivity contribution in [2.24, 2.45) is 0 Å². The maximum atomic E-state index is 12.0. The Labute approximate surface area is 169 Å². The highest BCUT2D eigenvalue weighted by Crippen LogP contribution is 2.31. The number of ether oxygens (including phenoxy) is 2. The summed E-state index contributed by atoms with van der Waals surface area (Å²) in [5, 5.41) is 0. The van der Waals surface area contributed by atoms with Crippen molar-refractivity contribution in [3.63, 3.8) is 0 Å². The number of nitrogens with zero attached hydrogens (tertiary/aromatic N) is 1. The first kappa shape index (κ1) is 19.5. The van der Waals surface area contributed by atoms with Crippen molar-refractivity contribution in [2.75, 3.05) is 20.3 Å². The molecule has 0 saturated carbocycles. The molecule has 27 heavy (non-hydrogen) atoms. The molecule has 0 N–H and O–H groups in total. The van der Waals surface area contributed by atoms with Crippen LogP contribution in [0.4, 0.5) is 0 Å². The van der Waals surface area contributed by atoms with Gasteiger partial charge >= 0.3 is 0 Å². The molecule has 0 aromatic heterocycles. The van der Waals surface area contributed by atoms with Gasteiger partial charge in [-0.05, 0) is 54.8 Å². The van der Waals surface area contributed by atoms with E-state index in [-0.39, 0.29) is 5.91 Å². The first-order valence-electron chi connectivity index (χ1n) is 8.58. The Kier molecular flexibility index (Phi) is 6.19. The van der Waals surface area contributed by atoms with Gasteiger partial charge in [-0.25, -0.2) is 0 Å². The van der Waals surface area contributed by atoms with Crippen LogP contribution in [0.3, 0.4) is 0 Å². The average Bonchev–Trinajstić information content (AvgIpc) is 2.89. The molecule has 1 heterocycles. The molecule has 1 aliphatic rings.